The minimum atomic E-state index is -1.61. The van der Waals surface area contributed by atoms with Crippen LogP contribution < -0.4 is 0 Å². The Kier molecular flexibility index (Phi) is 23.7. The first kappa shape index (κ1) is 49.0. The van der Waals surface area contributed by atoms with Crippen molar-refractivity contribution in [3.63, 3.8) is 0 Å². The van der Waals surface area contributed by atoms with Gasteiger partial charge in [0, 0.05) is 54.3 Å². The van der Waals surface area contributed by atoms with Crippen molar-refractivity contribution in [3.05, 3.63) is 90.9 Å². The molecule has 304 valence electrons. The van der Waals surface area contributed by atoms with Crippen molar-refractivity contribution in [1.82, 2.24) is 0 Å². The number of azide groups is 4. The van der Waals surface area contributed by atoms with E-state index in [1.54, 1.807) is 0 Å². The van der Waals surface area contributed by atoms with Gasteiger partial charge in [-0.15, -0.1) is 0 Å². The number of hydrogen-bond acceptors (Lipinski definition) is 20. The molecule has 0 bridgehead atoms. The highest BCUT2D eigenvalue weighted by atomic mass is 16.6. The van der Waals surface area contributed by atoms with Crippen LogP contribution in [0.4, 0.5) is 0 Å². The molecule has 0 aromatic rings. The molecule has 0 radical (unpaired) electrons. The second kappa shape index (κ2) is 27.5. The highest BCUT2D eigenvalue weighted by Gasteiger charge is 2.34. The van der Waals surface area contributed by atoms with Crippen LogP contribution in [0.5, 0.6) is 0 Å². The molecule has 28 nitrogen and oxygen atoms in total. The van der Waals surface area contributed by atoms with Gasteiger partial charge in [0.2, 0.25) is 0 Å². The van der Waals surface area contributed by atoms with E-state index in [9.17, 15) is 38.4 Å². The third-order valence-electron chi connectivity index (χ3n) is 6.26. The van der Waals surface area contributed by atoms with Crippen LogP contribution in [0.3, 0.4) is 0 Å². The van der Waals surface area contributed by atoms with Gasteiger partial charge in [0.25, 0.3) is 0 Å². The average Bonchev–Trinajstić information content (AvgIpc) is 3.17. The third-order valence-corrected chi connectivity index (χ3v) is 6.26. The average molecular weight is 805 g/mol. The van der Waals surface area contributed by atoms with Gasteiger partial charge in [-0.25, -0.2) is 38.4 Å². The van der Waals surface area contributed by atoms with Crippen molar-refractivity contribution in [2.45, 2.75) is 13.3 Å². The standard InChI is InChI=1S/C29H32N12O16/c1-15(8-51-24(44)25(45)53-10-17(3)35-39-31)21(14-57-29(49)27(47)55-12-19(5)37-41-33)20(13-56-28(48)26(46)54-11-18(4)36-40-32)6-7-50-22(42)23(43)52-9-16(2)34-38-30/h15,20-21H,2-14H2,1H3. The lowest BCUT2D eigenvalue weighted by Gasteiger charge is -2.30. The molecular weight excluding hydrogens is 772 g/mol. The number of carbonyl (C=O) groups excluding carboxylic acids is 8. The molecule has 0 aliphatic carbocycles. The molecule has 0 aromatic heterocycles. The third kappa shape index (κ3) is 21.3. The summed E-state index contributed by atoms with van der Waals surface area (Å²) in [6.07, 6.45) is -0.402. The van der Waals surface area contributed by atoms with Crippen LogP contribution in [0, 0.1) is 17.8 Å². The Bertz CT molecular complexity index is 1820. The van der Waals surface area contributed by atoms with Crippen molar-refractivity contribution in [2.24, 2.45) is 38.2 Å². The van der Waals surface area contributed by atoms with E-state index >= 15 is 0 Å². The zero-order valence-corrected chi connectivity index (χ0v) is 29.8. The van der Waals surface area contributed by atoms with E-state index in [0.717, 1.165) is 0 Å². The topological polar surface area (TPSA) is 405 Å². The van der Waals surface area contributed by atoms with Gasteiger partial charge in [-0.3, -0.25) is 0 Å². The molecule has 0 fully saturated rings. The van der Waals surface area contributed by atoms with Crippen LogP contribution in [-0.4, -0.2) is 101 Å². The first-order valence-electron chi connectivity index (χ1n) is 15.3. The molecule has 0 N–H and O–H groups in total. The molecule has 57 heavy (non-hydrogen) atoms. The fourth-order valence-corrected chi connectivity index (χ4v) is 3.61. The second-order valence-electron chi connectivity index (χ2n) is 10.4. The number of ether oxygens (including phenoxy) is 8. The van der Waals surface area contributed by atoms with Gasteiger partial charge in [0.05, 0.1) is 26.4 Å². The summed E-state index contributed by atoms with van der Waals surface area (Å²) in [4.78, 5) is 108. The van der Waals surface area contributed by atoms with E-state index < -0.39 is 125 Å². The van der Waals surface area contributed by atoms with Gasteiger partial charge in [0.1, 0.15) is 26.4 Å². The van der Waals surface area contributed by atoms with Crippen LogP contribution in [-0.2, 0) is 76.3 Å². The Morgan fingerprint density at radius 2 is 0.737 bits per heavy atom. The molecule has 0 saturated carbocycles. The summed E-state index contributed by atoms with van der Waals surface area (Å²) in [7, 11) is 0. The van der Waals surface area contributed by atoms with Gasteiger partial charge in [-0.1, -0.05) is 53.7 Å². The summed E-state index contributed by atoms with van der Waals surface area (Å²) in [5, 5.41) is 12.3. The smallest absolute Gasteiger partial charge is 0.417 e. The maximum Gasteiger partial charge on any atom is 0.417 e. The molecule has 0 heterocycles. The number of carbonyl (C=O) groups is 8. The Labute approximate surface area is 319 Å². The number of rotatable bonds is 23. The monoisotopic (exact) mass is 804 g/mol. The minimum absolute atomic E-state index is 0.260. The molecule has 3 atom stereocenters. The highest BCUT2D eigenvalue weighted by molar-refractivity contribution is 6.30. The lowest BCUT2D eigenvalue weighted by molar-refractivity contribution is -0.173. The summed E-state index contributed by atoms with van der Waals surface area (Å²) in [6.45, 7) is 8.81. The first-order valence-corrected chi connectivity index (χ1v) is 15.3. The van der Waals surface area contributed by atoms with Crippen LogP contribution in [0.2, 0.25) is 0 Å². The van der Waals surface area contributed by atoms with Crippen LogP contribution in [0.25, 0.3) is 41.8 Å². The number of esters is 8. The van der Waals surface area contributed by atoms with Crippen molar-refractivity contribution < 1.29 is 76.3 Å². The zero-order valence-electron chi connectivity index (χ0n) is 29.8. The molecule has 0 saturated heterocycles. The molecule has 0 aromatic carbocycles. The molecule has 0 aliphatic rings. The van der Waals surface area contributed by atoms with Crippen molar-refractivity contribution in [1.29, 1.82) is 0 Å². The van der Waals surface area contributed by atoms with Gasteiger partial charge in [0.15, 0.2) is 0 Å². The molecular formula is C29H32N12O16. The summed E-state index contributed by atoms with van der Waals surface area (Å²) < 4.78 is 38.4. The first-order chi connectivity index (χ1) is 27.0. The summed E-state index contributed by atoms with van der Waals surface area (Å²) >= 11 is 0. The molecule has 0 amide bonds. The number of hydrogen-bond donors (Lipinski definition) is 0. The zero-order chi connectivity index (χ0) is 43.3. The fraction of sp³-hybridized carbons (Fsp3) is 0.448. The quantitative estimate of drug-likeness (QED) is 0.0358. The predicted molar refractivity (Wildman–Crippen MR) is 182 cm³/mol. The minimum Gasteiger partial charge on any atom is -0.457 e. The lowest BCUT2D eigenvalue weighted by atomic mass is 9.82. The SMILES string of the molecule is C=C(COC(=O)C(=O)OCCC(COC(=O)C(=O)OCC(=C)N=[N+]=[N-])C(COC(=O)C(=O)OCC(=C)N=[N+]=[N-])C(C)COC(=O)C(=O)OCC(=C)N=[N+]=[N-])N=[N+]=[N-]. The Hall–Kier alpha value is -8.04. The fourth-order valence-electron chi connectivity index (χ4n) is 3.61. The number of nitrogens with zero attached hydrogens (tertiary/aromatic N) is 12. The maximum atomic E-state index is 12.5. The van der Waals surface area contributed by atoms with Crippen LogP contribution in [0.15, 0.2) is 69.6 Å². The van der Waals surface area contributed by atoms with Gasteiger partial charge < -0.3 is 37.9 Å². The van der Waals surface area contributed by atoms with E-state index in [4.69, 9.17) is 41.1 Å². The summed E-state index contributed by atoms with van der Waals surface area (Å²) in [5.41, 5.74) is 32.6. The molecule has 28 heteroatoms. The second-order valence-corrected chi connectivity index (χ2v) is 10.4. The lowest BCUT2D eigenvalue weighted by Crippen LogP contribution is -2.37. The van der Waals surface area contributed by atoms with E-state index in [2.05, 4.69) is 85.4 Å². The Morgan fingerprint density at radius 3 is 1.07 bits per heavy atom. The van der Waals surface area contributed by atoms with E-state index in [-0.39, 0.29) is 22.8 Å². The van der Waals surface area contributed by atoms with Crippen LogP contribution in [0.1, 0.15) is 13.3 Å². The summed E-state index contributed by atoms with van der Waals surface area (Å²) in [5.74, 6) is -16.0. The van der Waals surface area contributed by atoms with Gasteiger partial charge >= 0.3 is 47.8 Å². The largest absolute Gasteiger partial charge is 0.457 e. The molecule has 0 rings (SSSR count). The van der Waals surface area contributed by atoms with Crippen molar-refractivity contribution in [3.8, 4) is 0 Å². The summed E-state index contributed by atoms with van der Waals surface area (Å²) in [6, 6.07) is 0. The normalized spacial score (nSPS) is 11.1. The van der Waals surface area contributed by atoms with Gasteiger partial charge in [-0.2, -0.15) is 0 Å². The van der Waals surface area contributed by atoms with Crippen LogP contribution >= 0.6 is 0 Å². The predicted octanol–water partition coefficient (Wildman–Crippen LogP) is 2.89. The van der Waals surface area contributed by atoms with Crippen molar-refractivity contribution in [2.75, 3.05) is 52.9 Å². The highest BCUT2D eigenvalue weighted by Crippen LogP contribution is 2.27. The molecule has 3 unspecified atom stereocenters. The Balaban J connectivity index is 6.32. The Morgan fingerprint density at radius 1 is 0.456 bits per heavy atom. The molecule has 0 spiro atoms. The van der Waals surface area contributed by atoms with E-state index in [1.807, 2.05) is 0 Å². The molecule has 0 aliphatic heterocycles. The maximum absolute atomic E-state index is 12.5. The van der Waals surface area contributed by atoms with E-state index in [0.29, 0.717) is 0 Å². The van der Waals surface area contributed by atoms with Gasteiger partial charge in [-0.05, 0) is 34.5 Å². The van der Waals surface area contributed by atoms with E-state index in [1.165, 1.54) is 6.92 Å². The van der Waals surface area contributed by atoms with Crippen molar-refractivity contribution >= 4 is 47.8 Å².